The van der Waals surface area contributed by atoms with Crippen LogP contribution in [0, 0.1) is 0 Å². The molecule has 0 atom stereocenters. The molecule has 1 aromatic heterocycles. The lowest BCUT2D eigenvalue weighted by atomic mass is 9.99. The normalized spacial score (nSPS) is 10.3. The van der Waals surface area contributed by atoms with Gasteiger partial charge in [-0.05, 0) is 12.0 Å². The van der Waals surface area contributed by atoms with Gasteiger partial charge in [0.15, 0.2) is 0 Å². The highest BCUT2D eigenvalue weighted by Gasteiger charge is 2.16. The SMILES string of the molecule is COC(=O)c1cc[nH]c(=O)c1C(C)C. The van der Waals surface area contributed by atoms with Crippen LogP contribution in [0.5, 0.6) is 0 Å². The number of hydrogen-bond acceptors (Lipinski definition) is 3. The molecule has 1 aromatic rings. The number of rotatable bonds is 2. The molecule has 4 heteroatoms. The Labute approximate surface area is 81.9 Å². The lowest BCUT2D eigenvalue weighted by Gasteiger charge is -2.08. The van der Waals surface area contributed by atoms with E-state index >= 15 is 0 Å². The van der Waals surface area contributed by atoms with Crippen LogP contribution >= 0.6 is 0 Å². The first-order valence-corrected chi connectivity index (χ1v) is 4.37. The fourth-order valence-corrected chi connectivity index (χ4v) is 1.35. The quantitative estimate of drug-likeness (QED) is 0.723. The molecule has 1 rings (SSSR count). The van der Waals surface area contributed by atoms with E-state index in [1.54, 1.807) is 6.07 Å². The summed E-state index contributed by atoms with van der Waals surface area (Å²) in [4.78, 5) is 25.3. The van der Waals surface area contributed by atoms with Crippen molar-refractivity contribution in [2.75, 3.05) is 7.11 Å². The molecule has 4 nitrogen and oxygen atoms in total. The van der Waals surface area contributed by atoms with E-state index in [0.717, 1.165) is 0 Å². The smallest absolute Gasteiger partial charge is 0.338 e. The molecule has 1 N–H and O–H groups in total. The van der Waals surface area contributed by atoms with Gasteiger partial charge in [0, 0.05) is 11.8 Å². The number of hydrogen-bond donors (Lipinski definition) is 1. The van der Waals surface area contributed by atoms with Crippen molar-refractivity contribution < 1.29 is 9.53 Å². The largest absolute Gasteiger partial charge is 0.465 e. The number of H-pyrrole nitrogens is 1. The Morgan fingerprint density at radius 3 is 2.64 bits per heavy atom. The number of methoxy groups -OCH3 is 1. The van der Waals surface area contributed by atoms with Crippen LogP contribution in [0.1, 0.15) is 35.7 Å². The van der Waals surface area contributed by atoms with Gasteiger partial charge in [0.2, 0.25) is 0 Å². The number of aromatic amines is 1. The second kappa shape index (κ2) is 4.09. The minimum absolute atomic E-state index is 0.00551. The van der Waals surface area contributed by atoms with Gasteiger partial charge in [-0.3, -0.25) is 4.79 Å². The van der Waals surface area contributed by atoms with Gasteiger partial charge >= 0.3 is 5.97 Å². The van der Waals surface area contributed by atoms with Crippen molar-refractivity contribution in [1.29, 1.82) is 0 Å². The van der Waals surface area contributed by atoms with E-state index in [1.165, 1.54) is 13.3 Å². The summed E-state index contributed by atoms with van der Waals surface area (Å²) < 4.78 is 4.59. The molecule has 0 spiro atoms. The van der Waals surface area contributed by atoms with Crippen LogP contribution in [0.25, 0.3) is 0 Å². The molecule has 1 heterocycles. The minimum atomic E-state index is -0.472. The Kier molecular flexibility index (Phi) is 3.06. The maximum atomic E-state index is 11.4. The average molecular weight is 195 g/mol. The topological polar surface area (TPSA) is 59.2 Å². The van der Waals surface area contributed by atoms with Crippen LogP contribution in [-0.2, 0) is 4.74 Å². The first kappa shape index (κ1) is 10.5. The summed E-state index contributed by atoms with van der Waals surface area (Å²) in [5, 5.41) is 0. The van der Waals surface area contributed by atoms with Gasteiger partial charge in [0.25, 0.3) is 5.56 Å². The Hall–Kier alpha value is -1.58. The van der Waals surface area contributed by atoms with Gasteiger partial charge in [-0.1, -0.05) is 13.8 Å². The van der Waals surface area contributed by atoms with Crippen molar-refractivity contribution in [2.45, 2.75) is 19.8 Å². The third kappa shape index (κ3) is 1.84. The Balaban J connectivity index is 3.36. The number of pyridine rings is 1. The Morgan fingerprint density at radius 2 is 2.14 bits per heavy atom. The summed E-state index contributed by atoms with van der Waals surface area (Å²) in [5.41, 5.74) is 0.577. The van der Waals surface area contributed by atoms with Gasteiger partial charge in [-0.25, -0.2) is 4.79 Å². The fourth-order valence-electron chi connectivity index (χ4n) is 1.35. The maximum Gasteiger partial charge on any atom is 0.338 e. The van der Waals surface area contributed by atoms with Crippen LogP contribution in [0.15, 0.2) is 17.1 Å². The highest BCUT2D eigenvalue weighted by atomic mass is 16.5. The Morgan fingerprint density at radius 1 is 1.50 bits per heavy atom. The van der Waals surface area contributed by atoms with Crippen molar-refractivity contribution in [3.8, 4) is 0 Å². The van der Waals surface area contributed by atoms with Crippen LogP contribution < -0.4 is 5.56 Å². The summed E-state index contributed by atoms with van der Waals surface area (Å²) >= 11 is 0. The summed E-state index contributed by atoms with van der Waals surface area (Å²) in [6.45, 7) is 3.72. The Bertz CT molecular complexity index is 393. The van der Waals surface area contributed by atoms with E-state index in [9.17, 15) is 9.59 Å². The molecular formula is C10H13NO3. The van der Waals surface area contributed by atoms with Crippen LogP contribution in [0.3, 0.4) is 0 Å². The third-order valence-electron chi connectivity index (χ3n) is 1.98. The summed E-state index contributed by atoms with van der Waals surface area (Å²) in [5.74, 6) is -0.478. The first-order valence-electron chi connectivity index (χ1n) is 4.37. The number of esters is 1. The molecule has 0 unspecified atom stereocenters. The van der Waals surface area contributed by atoms with E-state index in [-0.39, 0.29) is 11.5 Å². The summed E-state index contributed by atoms with van der Waals surface area (Å²) in [6, 6.07) is 1.56. The highest BCUT2D eigenvalue weighted by molar-refractivity contribution is 5.90. The van der Waals surface area contributed by atoms with Gasteiger partial charge in [-0.2, -0.15) is 0 Å². The van der Waals surface area contributed by atoms with Gasteiger partial charge < -0.3 is 9.72 Å². The van der Waals surface area contributed by atoms with E-state index in [1.807, 2.05) is 13.8 Å². The molecule has 0 aliphatic heterocycles. The van der Waals surface area contributed by atoms with Gasteiger partial charge in [0.05, 0.1) is 12.7 Å². The number of ether oxygens (including phenoxy) is 1. The third-order valence-corrected chi connectivity index (χ3v) is 1.98. The zero-order chi connectivity index (χ0) is 10.7. The van der Waals surface area contributed by atoms with Crippen LogP contribution in [0.4, 0.5) is 0 Å². The summed E-state index contributed by atoms with van der Waals surface area (Å²) in [7, 11) is 1.30. The van der Waals surface area contributed by atoms with Crippen molar-refractivity contribution >= 4 is 5.97 Å². The zero-order valence-electron chi connectivity index (χ0n) is 8.46. The highest BCUT2D eigenvalue weighted by Crippen LogP contribution is 2.14. The van der Waals surface area contributed by atoms with Crippen molar-refractivity contribution in [1.82, 2.24) is 4.98 Å². The first-order chi connectivity index (χ1) is 6.57. The molecule has 0 radical (unpaired) electrons. The molecule has 0 bridgehead atoms. The lowest BCUT2D eigenvalue weighted by molar-refractivity contribution is 0.0598. The fraction of sp³-hybridized carbons (Fsp3) is 0.400. The number of carbonyl (C=O) groups excluding carboxylic acids is 1. The second-order valence-electron chi connectivity index (χ2n) is 3.28. The van der Waals surface area contributed by atoms with Gasteiger partial charge in [0.1, 0.15) is 0 Å². The number of carbonyl (C=O) groups is 1. The van der Waals surface area contributed by atoms with Crippen molar-refractivity contribution in [2.24, 2.45) is 0 Å². The maximum absolute atomic E-state index is 11.4. The molecule has 0 fully saturated rings. The lowest BCUT2D eigenvalue weighted by Crippen LogP contribution is -2.19. The molecular weight excluding hydrogens is 182 g/mol. The molecule has 76 valence electrons. The zero-order valence-corrected chi connectivity index (χ0v) is 8.46. The molecule has 0 saturated carbocycles. The van der Waals surface area contributed by atoms with Crippen LogP contribution in [-0.4, -0.2) is 18.1 Å². The summed E-state index contributed by atoms with van der Waals surface area (Å²) in [6.07, 6.45) is 1.44. The number of nitrogens with one attached hydrogen (secondary N) is 1. The van der Waals surface area contributed by atoms with E-state index in [2.05, 4.69) is 9.72 Å². The molecule has 0 saturated heterocycles. The predicted octanol–water partition coefficient (Wildman–Crippen LogP) is 1.28. The molecule has 0 aromatic carbocycles. The van der Waals surface area contributed by atoms with E-state index in [0.29, 0.717) is 11.1 Å². The number of aromatic nitrogens is 1. The standard InChI is InChI=1S/C10H13NO3/c1-6(2)8-7(10(13)14-3)4-5-11-9(8)12/h4-6H,1-3H3,(H,11,12). The average Bonchev–Trinajstić information content (AvgIpc) is 2.15. The molecule has 0 aliphatic carbocycles. The van der Waals surface area contributed by atoms with E-state index in [4.69, 9.17) is 0 Å². The molecule has 14 heavy (non-hydrogen) atoms. The van der Waals surface area contributed by atoms with Crippen molar-refractivity contribution in [3.05, 3.63) is 33.7 Å². The minimum Gasteiger partial charge on any atom is -0.465 e. The monoisotopic (exact) mass is 195 g/mol. The van der Waals surface area contributed by atoms with Crippen molar-refractivity contribution in [3.63, 3.8) is 0 Å². The van der Waals surface area contributed by atoms with Gasteiger partial charge in [-0.15, -0.1) is 0 Å². The predicted molar refractivity (Wildman–Crippen MR) is 52.5 cm³/mol. The van der Waals surface area contributed by atoms with Crippen LogP contribution in [0.2, 0.25) is 0 Å². The van der Waals surface area contributed by atoms with E-state index < -0.39 is 5.97 Å². The molecule has 0 aliphatic rings. The molecule has 0 amide bonds. The second-order valence-corrected chi connectivity index (χ2v) is 3.28.